The Balaban J connectivity index is 2.30. The fourth-order valence-corrected chi connectivity index (χ4v) is 1.54. The van der Waals surface area contributed by atoms with E-state index in [1.54, 1.807) is 6.07 Å². The summed E-state index contributed by atoms with van der Waals surface area (Å²) in [5, 5.41) is 3.95. The normalized spacial score (nSPS) is 15.9. The first-order chi connectivity index (χ1) is 7.16. The van der Waals surface area contributed by atoms with E-state index in [2.05, 4.69) is 10.5 Å². The molecule has 0 atom stereocenters. The van der Waals surface area contributed by atoms with Crippen molar-refractivity contribution in [3.05, 3.63) is 34.6 Å². The molecule has 0 fully saturated rings. The molecule has 3 nitrogen and oxygen atoms in total. The van der Waals surface area contributed by atoms with Gasteiger partial charge in [0.2, 0.25) is 5.91 Å². The molecule has 78 valence electrons. The third-order valence-electron chi connectivity index (χ3n) is 2.16. The molecule has 0 saturated carbocycles. The number of carbonyl (C=O) groups is 1. The van der Waals surface area contributed by atoms with Crippen LogP contribution in [0.2, 0.25) is 5.02 Å². The van der Waals surface area contributed by atoms with E-state index >= 15 is 0 Å². The van der Waals surface area contributed by atoms with Crippen LogP contribution in [0.3, 0.4) is 0 Å². The molecule has 1 aliphatic heterocycles. The van der Waals surface area contributed by atoms with Crippen LogP contribution in [0.5, 0.6) is 0 Å². The highest BCUT2D eigenvalue weighted by Crippen LogP contribution is 2.18. The molecule has 1 aromatic carbocycles. The van der Waals surface area contributed by atoms with Gasteiger partial charge in [0.25, 0.3) is 0 Å². The van der Waals surface area contributed by atoms with Crippen molar-refractivity contribution < 1.29 is 9.18 Å². The molecule has 0 aromatic heterocycles. The lowest BCUT2D eigenvalue weighted by Crippen LogP contribution is -2.25. The van der Waals surface area contributed by atoms with Crippen molar-refractivity contribution in [3.63, 3.8) is 0 Å². The van der Waals surface area contributed by atoms with Crippen molar-refractivity contribution in [2.24, 2.45) is 5.10 Å². The monoisotopic (exact) mass is 226 g/mol. The number of halogens is 2. The van der Waals surface area contributed by atoms with Crippen LogP contribution in [0, 0.1) is 5.82 Å². The standard InChI is InChI=1S/C10H8ClFN2O/c11-7-5-6(1-2-8(7)12)9-3-4-10(15)14-13-9/h1-2,5H,3-4H2,(H,14,15). The number of hydrogen-bond acceptors (Lipinski definition) is 2. The number of rotatable bonds is 1. The van der Waals surface area contributed by atoms with Crippen LogP contribution in [0.25, 0.3) is 0 Å². The van der Waals surface area contributed by atoms with E-state index in [0.29, 0.717) is 12.8 Å². The molecule has 1 aliphatic rings. The van der Waals surface area contributed by atoms with Gasteiger partial charge in [-0.05, 0) is 17.7 Å². The first-order valence-electron chi connectivity index (χ1n) is 4.47. The highest BCUT2D eigenvalue weighted by molar-refractivity contribution is 6.31. The Morgan fingerprint density at radius 3 is 2.80 bits per heavy atom. The molecule has 0 spiro atoms. The molecule has 2 rings (SSSR count). The predicted octanol–water partition coefficient (Wildman–Crippen LogP) is 2.09. The molecule has 0 saturated heterocycles. The summed E-state index contributed by atoms with van der Waals surface area (Å²) in [4.78, 5) is 10.9. The topological polar surface area (TPSA) is 41.5 Å². The zero-order chi connectivity index (χ0) is 10.8. The number of benzene rings is 1. The highest BCUT2D eigenvalue weighted by atomic mass is 35.5. The van der Waals surface area contributed by atoms with Crippen LogP contribution in [-0.2, 0) is 4.79 Å². The molecular formula is C10H8ClFN2O. The molecule has 15 heavy (non-hydrogen) atoms. The van der Waals surface area contributed by atoms with Gasteiger partial charge in [0.15, 0.2) is 0 Å². The summed E-state index contributed by atoms with van der Waals surface area (Å²) >= 11 is 5.64. The average Bonchev–Trinajstić information content (AvgIpc) is 2.23. The Labute approximate surface area is 90.9 Å². The lowest BCUT2D eigenvalue weighted by Gasteiger charge is -2.12. The van der Waals surface area contributed by atoms with E-state index in [1.807, 2.05) is 0 Å². The van der Waals surface area contributed by atoms with Gasteiger partial charge in [-0.2, -0.15) is 5.10 Å². The Kier molecular flexibility index (Phi) is 2.68. The van der Waals surface area contributed by atoms with Gasteiger partial charge in [0, 0.05) is 12.8 Å². The maximum atomic E-state index is 12.9. The van der Waals surface area contributed by atoms with E-state index in [9.17, 15) is 9.18 Å². The van der Waals surface area contributed by atoms with Gasteiger partial charge in [0.1, 0.15) is 5.82 Å². The Bertz CT molecular complexity index is 445. The number of hydrazone groups is 1. The van der Waals surface area contributed by atoms with Crippen LogP contribution >= 0.6 is 11.6 Å². The van der Waals surface area contributed by atoms with E-state index < -0.39 is 5.82 Å². The summed E-state index contributed by atoms with van der Waals surface area (Å²) in [5.74, 6) is -0.562. The third-order valence-corrected chi connectivity index (χ3v) is 2.45. The van der Waals surface area contributed by atoms with E-state index in [-0.39, 0.29) is 10.9 Å². The summed E-state index contributed by atoms with van der Waals surface area (Å²) in [7, 11) is 0. The van der Waals surface area contributed by atoms with Gasteiger partial charge in [0.05, 0.1) is 10.7 Å². The smallest absolute Gasteiger partial charge is 0.240 e. The van der Waals surface area contributed by atoms with E-state index in [4.69, 9.17) is 11.6 Å². The van der Waals surface area contributed by atoms with Crippen molar-refractivity contribution in [2.75, 3.05) is 0 Å². The molecule has 0 unspecified atom stereocenters. The quantitative estimate of drug-likeness (QED) is 0.783. The number of nitrogens with one attached hydrogen (secondary N) is 1. The van der Waals surface area contributed by atoms with Crippen molar-refractivity contribution in [1.29, 1.82) is 0 Å². The number of hydrogen-bond donors (Lipinski definition) is 1. The fourth-order valence-electron chi connectivity index (χ4n) is 1.36. The van der Waals surface area contributed by atoms with Gasteiger partial charge >= 0.3 is 0 Å². The van der Waals surface area contributed by atoms with Gasteiger partial charge in [-0.3, -0.25) is 4.79 Å². The van der Waals surface area contributed by atoms with Gasteiger partial charge in [-0.1, -0.05) is 17.7 Å². The second kappa shape index (κ2) is 3.98. The summed E-state index contributed by atoms with van der Waals surface area (Å²) in [5.41, 5.74) is 3.83. The fraction of sp³-hybridized carbons (Fsp3) is 0.200. The molecule has 0 radical (unpaired) electrons. The Morgan fingerprint density at radius 1 is 1.40 bits per heavy atom. The number of carbonyl (C=O) groups excluding carboxylic acids is 1. The van der Waals surface area contributed by atoms with Crippen molar-refractivity contribution in [1.82, 2.24) is 5.43 Å². The van der Waals surface area contributed by atoms with E-state index in [0.717, 1.165) is 11.3 Å². The summed E-state index contributed by atoms with van der Waals surface area (Å²) in [6.45, 7) is 0. The highest BCUT2D eigenvalue weighted by Gasteiger charge is 2.14. The number of nitrogens with zero attached hydrogens (tertiary/aromatic N) is 1. The molecule has 5 heteroatoms. The van der Waals surface area contributed by atoms with Gasteiger partial charge in [-0.15, -0.1) is 0 Å². The Hall–Kier alpha value is -1.42. The molecule has 0 aliphatic carbocycles. The minimum Gasteiger partial charge on any atom is -0.273 e. The zero-order valence-corrected chi connectivity index (χ0v) is 8.51. The number of amides is 1. The lowest BCUT2D eigenvalue weighted by atomic mass is 10.0. The second-order valence-corrected chi connectivity index (χ2v) is 3.63. The largest absolute Gasteiger partial charge is 0.273 e. The summed E-state index contributed by atoms with van der Waals surface area (Å²) in [6, 6.07) is 4.39. The summed E-state index contributed by atoms with van der Waals surface area (Å²) < 4.78 is 12.9. The molecule has 1 amide bonds. The SMILES string of the molecule is O=C1CCC(c2ccc(F)c(Cl)c2)=NN1. The second-order valence-electron chi connectivity index (χ2n) is 3.22. The van der Waals surface area contributed by atoms with Crippen LogP contribution in [0.15, 0.2) is 23.3 Å². The molecule has 1 N–H and O–H groups in total. The zero-order valence-electron chi connectivity index (χ0n) is 7.76. The maximum absolute atomic E-state index is 12.9. The maximum Gasteiger partial charge on any atom is 0.240 e. The van der Waals surface area contributed by atoms with E-state index in [1.165, 1.54) is 12.1 Å². The van der Waals surface area contributed by atoms with Gasteiger partial charge in [-0.25, -0.2) is 9.82 Å². The Morgan fingerprint density at radius 2 is 2.20 bits per heavy atom. The first-order valence-corrected chi connectivity index (χ1v) is 4.85. The molecular weight excluding hydrogens is 219 g/mol. The average molecular weight is 227 g/mol. The third kappa shape index (κ3) is 2.15. The van der Waals surface area contributed by atoms with Crippen LogP contribution in [-0.4, -0.2) is 11.6 Å². The van der Waals surface area contributed by atoms with Gasteiger partial charge < -0.3 is 0 Å². The van der Waals surface area contributed by atoms with Crippen LogP contribution < -0.4 is 5.43 Å². The first kappa shape index (κ1) is 10.1. The van der Waals surface area contributed by atoms with Crippen LogP contribution in [0.4, 0.5) is 4.39 Å². The minimum absolute atomic E-state index is 0.0621. The van der Waals surface area contributed by atoms with Crippen molar-refractivity contribution in [2.45, 2.75) is 12.8 Å². The van der Waals surface area contributed by atoms with Crippen molar-refractivity contribution >= 4 is 23.2 Å². The van der Waals surface area contributed by atoms with Crippen molar-refractivity contribution in [3.8, 4) is 0 Å². The minimum atomic E-state index is -0.458. The molecule has 0 bridgehead atoms. The molecule has 1 heterocycles. The predicted molar refractivity (Wildman–Crippen MR) is 55.3 cm³/mol. The van der Waals surface area contributed by atoms with Crippen LogP contribution in [0.1, 0.15) is 18.4 Å². The molecule has 1 aromatic rings. The lowest BCUT2D eigenvalue weighted by molar-refractivity contribution is -0.121. The summed E-state index contributed by atoms with van der Waals surface area (Å²) in [6.07, 6.45) is 0.946.